The fourth-order valence-electron chi connectivity index (χ4n) is 2.37. The summed E-state index contributed by atoms with van der Waals surface area (Å²) in [4.78, 5) is 28.9. The van der Waals surface area contributed by atoms with E-state index in [4.69, 9.17) is 9.84 Å². The molecule has 0 aliphatic carbocycles. The number of carboxylic acid groups (broad SMARTS) is 1. The second kappa shape index (κ2) is 7.51. The van der Waals surface area contributed by atoms with Crippen molar-refractivity contribution in [3.05, 3.63) is 16.1 Å². The van der Waals surface area contributed by atoms with Crippen molar-refractivity contribution >= 4 is 23.2 Å². The molecular formula is C14H20N2O4S. The standard InChI is InChI=1S/C14H20N2O4S/c1-10-15-11(9-21-10)3-2-4-13(17)16-5-6-20-12(8-16)7-14(18)19/h9,12H,2-8H2,1H3,(H,18,19). The van der Waals surface area contributed by atoms with Gasteiger partial charge in [-0.1, -0.05) is 0 Å². The number of nitrogens with zero attached hydrogens (tertiary/aromatic N) is 2. The van der Waals surface area contributed by atoms with Crippen molar-refractivity contribution in [2.75, 3.05) is 19.7 Å². The Morgan fingerprint density at radius 2 is 2.38 bits per heavy atom. The Balaban J connectivity index is 1.73. The minimum absolute atomic E-state index is 0.0537. The van der Waals surface area contributed by atoms with Crippen molar-refractivity contribution in [3.63, 3.8) is 0 Å². The van der Waals surface area contributed by atoms with Crippen molar-refractivity contribution in [3.8, 4) is 0 Å². The molecule has 2 heterocycles. The molecule has 2 rings (SSSR count). The fourth-order valence-corrected chi connectivity index (χ4v) is 3.01. The Labute approximate surface area is 127 Å². The first-order chi connectivity index (χ1) is 10.0. The Bertz CT molecular complexity index is 503. The van der Waals surface area contributed by atoms with Crippen molar-refractivity contribution < 1.29 is 19.4 Å². The van der Waals surface area contributed by atoms with Crippen LogP contribution in [0.2, 0.25) is 0 Å². The molecule has 1 amide bonds. The first kappa shape index (κ1) is 15.9. The topological polar surface area (TPSA) is 79.7 Å². The second-order valence-corrected chi connectivity index (χ2v) is 6.20. The second-order valence-electron chi connectivity index (χ2n) is 5.14. The summed E-state index contributed by atoms with van der Waals surface area (Å²) in [5.41, 5.74) is 1.04. The van der Waals surface area contributed by atoms with Crippen LogP contribution in [0.1, 0.15) is 30.0 Å². The summed E-state index contributed by atoms with van der Waals surface area (Å²) in [5, 5.41) is 11.8. The SMILES string of the molecule is Cc1nc(CCCC(=O)N2CCOC(CC(=O)O)C2)cs1. The lowest BCUT2D eigenvalue weighted by atomic mass is 10.1. The Morgan fingerprint density at radius 1 is 1.57 bits per heavy atom. The lowest BCUT2D eigenvalue weighted by molar-refractivity contribution is -0.147. The molecule has 1 aliphatic heterocycles. The smallest absolute Gasteiger partial charge is 0.306 e. The predicted molar refractivity (Wildman–Crippen MR) is 78.4 cm³/mol. The largest absolute Gasteiger partial charge is 0.481 e. The molecule has 7 heteroatoms. The summed E-state index contributed by atoms with van der Waals surface area (Å²) in [6, 6.07) is 0. The Morgan fingerprint density at radius 3 is 3.05 bits per heavy atom. The third-order valence-corrected chi connectivity index (χ3v) is 4.21. The van der Waals surface area contributed by atoms with Gasteiger partial charge in [-0.2, -0.15) is 0 Å². The number of morpholine rings is 1. The minimum Gasteiger partial charge on any atom is -0.481 e. The number of aliphatic carboxylic acids is 1. The molecule has 1 N–H and O–H groups in total. The highest BCUT2D eigenvalue weighted by atomic mass is 32.1. The van der Waals surface area contributed by atoms with Gasteiger partial charge in [0.05, 0.1) is 29.8 Å². The van der Waals surface area contributed by atoms with E-state index < -0.39 is 5.97 Å². The van der Waals surface area contributed by atoms with Crippen LogP contribution in [0.15, 0.2) is 5.38 Å². The zero-order valence-electron chi connectivity index (χ0n) is 12.1. The van der Waals surface area contributed by atoms with Gasteiger partial charge >= 0.3 is 5.97 Å². The average molecular weight is 312 g/mol. The molecule has 1 atom stereocenters. The number of amides is 1. The lowest BCUT2D eigenvalue weighted by Gasteiger charge is -2.32. The van der Waals surface area contributed by atoms with Gasteiger partial charge in [-0.15, -0.1) is 11.3 Å². The van der Waals surface area contributed by atoms with E-state index in [9.17, 15) is 9.59 Å². The number of aryl methyl sites for hydroxylation is 2. The van der Waals surface area contributed by atoms with E-state index in [1.54, 1.807) is 16.2 Å². The number of carboxylic acids is 1. The van der Waals surface area contributed by atoms with Crippen LogP contribution < -0.4 is 0 Å². The van der Waals surface area contributed by atoms with E-state index in [0.29, 0.717) is 26.1 Å². The number of hydrogen-bond acceptors (Lipinski definition) is 5. The van der Waals surface area contributed by atoms with Crippen LogP contribution in [0.3, 0.4) is 0 Å². The molecule has 1 aromatic rings. The first-order valence-corrected chi connectivity index (χ1v) is 7.94. The van der Waals surface area contributed by atoms with Crippen molar-refractivity contribution in [2.45, 2.75) is 38.7 Å². The van der Waals surface area contributed by atoms with Gasteiger partial charge in [0.2, 0.25) is 5.91 Å². The van der Waals surface area contributed by atoms with Crippen LogP contribution in [0.5, 0.6) is 0 Å². The van der Waals surface area contributed by atoms with Gasteiger partial charge in [0.15, 0.2) is 0 Å². The summed E-state index contributed by atoms with van der Waals surface area (Å²) in [5.74, 6) is -0.825. The van der Waals surface area contributed by atoms with E-state index in [1.165, 1.54) is 0 Å². The average Bonchev–Trinajstić information content (AvgIpc) is 2.84. The molecule has 1 fully saturated rings. The normalized spacial score (nSPS) is 18.7. The number of rotatable bonds is 6. The molecule has 0 saturated carbocycles. The van der Waals surface area contributed by atoms with Crippen molar-refractivity contribution in [1.82, 2.24) is 9.88 Å². The molecule has 0 spiro atoms. The van der Waals surface area contributed by atoms with E-state index in [-0.39, 0.29) is 18.4 Å². The molecule has 116 valence electrons. The molecule has 1 aromatic heterocycles. The van der Waals surface area contributed by atoms with Gasteiger partial charge in [-0.05, 0) is 19.8 Å². The number of ether oxygens (including phenoxy) is 1. The highest BCUT2D eigenvalue weighted by Crippen LogP contribution is 2.13. The first-order valence-electron chi connectivity index (χ1n) is 7.07. The van der Waals surface area contributed by atoms with Crippen molar-refractivity contribution in [2.24, 2.45) is 0 Å². The zero-order valence-corrected chi connectivity index (χ0v) is 12.9. The van der Waals surface area contributed by atoms with E-state index in [0.717, 1.165) is 23.5 Å². The van der Waals surface area contributed by atoms with Gasteiger partial charge < -0.3 is 14.7 Å². The van der Waals surface area contributed by atoms with E-state index in [2.05, 4.69) is 4.98 Å². The maximum Gasteiger partial charge on any atom is 0.306 e. The van der Waals surface area contributed by atoms with Gasteiger partial charge in [0.25, 0.3) is 0 Å². The maximum absolute atomic E-state index is 12.1. The number of carbonyl (C=O) groups is 2. The van der Waals surface area contributed by atoms with Gasteiger partial charge in [-0.3, -0.25) is 9.59 Å². The van der Waals surface area contributed by atoms with Crippen LogP contribution in [0, 0.1) is 6.92 Å². The van der Waals surface area contributed by atoms with Crippen LogP contribution in [0.25, 0.3) is 0 Å². The Kier molecular flexibility index (Phi) is 5.69. The van der Waals surface area contributed by atoms with Crippen LogP contribution >= 0.6 is 11.3 Å². The molecule has 1 aliphatic rings. The van der Waals surface area contributed by atoms with Crippen LogP contribution in [-0.4, -0.2) is 52.7 Å². The van der Waals surface area contributed by atoms with E-state index in [1.807, 2.05) is 12.3 Å². The van der Waals surface area contributed by atoms with Crippen molar-refractivity contribution in [1.29, 1.82) is 0 Å². The highest BCUT2D eigenvalue weighted by molar-refractivity contribution is 7.09. The fraction of sp³-hybridized carbons (Fsp3) is 0.643. The van der Waals surface area contributed by atoms with Gasteiger partial charge in [0, 0.05) is 24.9 Å². The molecule has 6 nitrogen and oxygen atoms in total. The quantitative estimate of drug-likeness (QED) is 0.860. The number of carbonyl (C=O) groups excluding carboxylic acids is 1. The number of aromatic nitrogens is 1. The molecule has 0 radical (unpaired) electrons. The highest BCUT2D eigenvalue weighted by Gasteiger charge is 2.25. The van der Waals surface area contributed by atoms with Gasteiger partial charge in [-0.25, -0.2) is 4.98 Å². The molecule has 1 saturated heterocycles. The van der Waals surface area contributed by atoms with E-state index >= 15 is 0 Å². The minimum atomic E-state index is -0.895. The molecule has 1 unspecified atom stereocenters. The summed E-state index contributed by atoms with van der Waals surface area (Å²) < 4.78 is 5.36. The van der Waals surface area contributed by atoms with Crippen LogP contribution in [-0.2, 0) is 20.7 Å². The zero-order chi connectivity index (χ0) is 15.2. The van der Waals surface area contributed by atoms with Crippen LogP contribution in [0.4, 0.5) is 0 Å². The third kappa shape index (κ3) is 5.09. The maximum atomic E-state index is 12.1. The summed E-state index contributed by atoms with van der Waals surface area (Å²) in [6.45, 7) is 3.30. The predicted octanol–water partition coefficient (Wildman–Crippen LogP) is 1.48. The lowest BCUT2D eigenvalue weighted by Crippen LogP contribution is -2.46. The van der Waals surface area contributed by atoms with Gasteiger partial charge in [0.1, 0.15) is 0 Å². The summed E-state index contributed by atoms with van der Waals surface area (Å²) in [7, 11) is 0. The Hall–Kier alpha value is -1.47. The molecule has 0 aromatic carbocycles. The molecular weight excluding hydrogens is 292 g/mol. The number of thiazole rings is 1. The monoisotopic (exact) mass is 312 g/mol. The molecule has 21 heavy (non-hydrogen) atoms. The molecule has 0 bridgehead atoms. The summed E-state index contributed by atoms with van der Waals surface area (Å²) in [6.07, 6.45) is 1.60. The summed E-state index contributed by atoms with van der Waals surface area (Å²) >= 11 is 1.62. The third-order valence-electron chi connectivity index (χ3n) is 3.38. The number of hydrogen-bond donors (Lipinski definition) is 1.